The molecule has 66 valence electrons. The molecule has 0 radical (unpaired) electrons. The van der Waals surface area contributed by atoms with Crippen LogP contribution in [-0.2, 0) is 0 Å². The Morgan fingerprint density at radius 2 is 2.25 bits per heavy atom. The van der Waals surface area contributed by atoms with Crippen molar-refractivity contribution in [3.63, 3.8) is 0 Å². The molecule has 3 nitrogen and oxygen atoms in total. The van der Waals surface area contributed by atoms with Crippen LogP contribution in [-0.4, -0.2) is 11.1 Å². The average Bonchev–Trinajstić information content (AvgIpc) is 1.96. The van der Waals surface area contributed by atoms with E-state index in [9.17, 15) is 9.18 Å². The Morgan fingerprint density at radius 3 is 2.75 bits per heavy atom. The molecule has 1 heterocycles. The van der Waals surface area contributed by atoms with Crippen molar-refractivity contribution >= 4 is 0 Å². The highest BCUT2D eigenvalue weighted by atomic mass is 19.1. The van der Waals surface area contributed by atoms with Gasteiger partial charge in [-0.25, -0.2) is 4.39 Å². The summed E-state index contributed by atoms with van der Waals surface area (Å²) in [6.07, 6.45) is 1.31. The molecule has 0 aromatic carbocycles. The zero-order valence-electron chi connectivity index (χ0n) is 6.93. The van der Waals surface area contributed by atoms with Crippen LogP contribution in [0.1, 0.15) is 13.8 Å². The molecule has 0 aliphatic carbocycles. The van der Waals surface area contributed by atoms with Gasteiger partial charge in [-0.2, -0.15) is 0 Å². The molecule has 0 fully saturated rings. The van der Waals surface area contributed by atoms with Gasteiger partial charge in [-0.1, -0.05) is 0 Å². The Balaban J connectivity index is 2.90. The zero-order chi connectivity index (χ0) is 9.14. The lowest BCUT2D eigenvalue weighted by molar-refractivity contribution is 0.240. The Hall–Kier alpha value is -1.32. The quantitative estimate of drug-likeness (QED) is 0.728. The molecule has 12 heavy (non-hydrogen) atoms. The number of aromatic amines is 1. The van der Waals surface area contributed by atoms with Gasteiger partial charge < -0.3 is 9.72 Å². The van der Waals surface area contributed by atoms with Crippen LogP contribution >= 0.6 is 0 Å². The molecule has 0 saturated carbocycles. The predicted octanol–water partition coefficient (Wildman–Crippen LogP) is 1.30. The fraction of sp³-hybridized carbons (Fsp3) is 0.375. The minimum atomic E-state index is -0.826. The van der Waals surface area contributed by atoms with E-state index in [0.717, 1.165) is 6.07 Å². The Kier molecular flexibility index (Phi) is 2.47. The van der Waals surface area contributed by atoms with E-state index in [4.69, 9.17) is 4.74 Å². The van der Waals surface area contributed by atoms with Crippen molar-refractivity contribution in [3.05, 3.63) is 28.4 Å². The molecule has 1 rings (SSSR count). The minimum absolute atomic E-state index is 0.0321. The van der Waals surface area contributed by atoms with Crippen LogP contribution in [0.25, 0.3) is 0 Å². The molecule has 0 bridgehead atoms. The molecule has 4 heteroatoms. The first-order valence-corrected chi connectivity index (χ1v) is 3.64. The van der Waals surface area contributed by atoms with E-state index in [0.29, 0.717) is 5.75 Å². The van der Waals surface area contributed by atoms with Crippen molar-refractivity contribution in [1.82, 2.24) is 4.98 Å². The number of pyridine rings is 1. The Labute approximate surface area is 69.2 Å². The highest BCUT2D eigenvalue weighted by Gasteiger charge is 2.01. The van der Waals surface area contributed by atoms with Gasteiger partial charge in [0.2, 0.25) is 0 Å². The van der Waals surface area contributed by atoms with Crippen LogP contribution in [0.3, 0.4) is 0 Å². The molecule has 0 aliphatic rings. The van der Waals surface area contributed by atoms with Gasteiger partial charge >= 0.3 is 0 Å². The standard InChI is InChI=1S/C8H10FNO2/c1-5(2)12-6-3-7(9)8(11)10-4-6/h3-5H,1-2H3,(H,10,11). The van der Waals surface area contributed by atoms with E-state index in [1.165, 1.54) is 6.20 Å². The smallest absolute Gasteiger partial charge is 0.284 e. The van der Waals surface area contributed by atoms with E-state index in [1.807, 2.05) is 13.8 Å². The first-order chi connectivity index (χ1) is 5.59. The fourth-order valence-corrected chi connectivity index (χ4v) is 0.778. The number of aromatic nitrogens is 1. The molecule has 1 aromatic rings. The summed E-state index contributed by atoms with van der Waals surface area (Å²) in [6, 6.07) is 1.07. The lowest BCUT2D eigenvalue weighted by atomic mass is 10.4. The summed E-state index contributed by atoms with van der Waals surface area (Å²) in [7, 11) is 0. The molecular formula is C8H10FNO2. The summed E-state index contributed by atoms with van der Waals surface area (Å²) in [5.74, 6) is -0.491. The third kappa shape index (κ3) is 2.08. The van der Waals surface area contributed by atoms with Crippen molar-refractivity contribution in [2.45, 2.75) is 20.0 Å². The number of hydrogen-bond donors (Lipinski definition) is 1. The number of nitrogens with one attached hydrogen (secondary N) is 1. The molecule has 1 N–H and O–H groups in total. The fourth-order valence-electron chi connectivity index (χ4n) is 0.778. The number of hydrogen-bond acceptors (Lipinski definition) is 2. The molecule has 0 unspecified atom stereocenters. The van der Waals surface area contributed by atoms with Crippen LogP contribution in [0.5, 0.6) is 5.75 Å². The first-order valence-electron chi connectivity index (χ1n) is 3.64. The molecular weight excluding hydrogens is 161 g/mol. The highest BCUT2D eigenvalue weighted by Crippen LogP contribution is 2.09. The Bertz CT molecular complexity index is 319. The van der Waals surface area contributed by atoms with Gasteiger partial charge in [-0.05, 0) is 13.8 Å². The lowest BCUT2D eigenvalue weighted by Gasteiger charge is -2.08. The average molecular weight is 171 g/mol. The van der Waals surface area contributed by atoms with E-state index in [-0.39, 0.29) is 6.10 Å². The van der Waals surface area contributed by atoms with Gasteiger partial charge in [0.25, 0.3) is 5.56 Å². The van der Waals surface area contributed by atoms with E-state index in [2.05, 4.69) is 4.98 Å². The number of H-pyrrole nitrogens is 1. The predicted molar refractivity (Wildman–Crippen MR) is 42.8 cm³/mol. The summed E-state index contributed by atoms with van der Waals surface area (Å²) in [4.78, 5) is 12.8. The van der Waals surface area contributed by atoms with Crippen LogP contribution in [0.15, 0.2) is 17.1 Å². The Morgan fingerprint density at radius 1 is 1.58 bits per heavy atom. The topological polar surface area (TPSA) is 42.1 Å². The van der Waals surface area contributed by atoms with Crippen molar-refractivity contribution < 1.29 is 9.13 Å². The minimum Gasteiger partial charge on any atom is -0.489 e. The van der Waals surface area contributed by atoms with Gasteiger partial charge in [0.1, 0.15) is 5.75 Å². The van der Waals surface area contributed by atoms with Crippen molar-refractivity contribution in [1.29, 1.82) is 0 Å². The van der Waals surface area contributed by atoms with Crippen LogP contribution in [0.4, 0.5) is 4.39 Å². The second-order valence-electron chi connectivity index (χ2n) is 2.68. The van der Waals surface area contributed by atoms with E-state index < -0.39 is 11.4 Å². The summed E-state index contributed by atoms with van der Waals surface area (Å²) in [5, 5.41) is 0. The highest BCUT2D eigenvalue weighted by molar-refractivity contribution is 5.17. The first kappa shape index (κ1) is 8.77. The third-order valence-electron chi connectivity index (χ3n) is 1.20. The van der Waals surface area contributed by atoms with Gasteiger partial charge in [-0.15, -0.1) is 0 Å². The van der Waals surface area contributed by atoms with Gasteiger partial charge in [0.05, 0.1) is 6.10 Å². The molecule has 1 aromatic heterocycles. The maximum Gasteiger partial charge on any atom is 0.284 e. The monoisotopic (exact) mass is 171 g/mol. The second-order valence-corrected chi connectivity index (χ2v) is 2.68. The lowest BCUT2D eigenvalue weighted by Crippen LogP contribution is -2.12. The van der Waals surface area contributed by atoms with E-state index in [1.54, 1.807) is 0 Å². The maximum absolute atomic E-state index is 12.6. The molecule has 0 aliphatic heterocycles. The van der Waals surface area contributed by atoms with Crippen LogP contribution in [0, 0.1) is 5.82 Å². The van der Waals surface area contributed by atoms with Gasteiger partial charge in [-0.3, -0.25) is 4.79 Å². The maximum atomic E-state index is 12.6. The number of ether oxygens (including phenoxy) is 1. The van der Waals surface area contributed by atoms with E-state index >= 15 is 0 Å². The van der Waals surface area contributed by atoms with Gasteiger partial charge in [0.15, 0.2) is 5.82 Å². The van der Waals surface area contributed by atoms with Crippen molar-refractivity contribution in [2.24, 2.45) is 0 Å². The molecule has 0 atom stereocenters. The molecule has 0 saturated heterocycles. The summed E-state index contributed by atoms with van der Waals surface area (Å²) in [6.45, 7) is 3.64. The summed E-state index contributed by atoms with van der Waals surface area (Å²) in [5.41, 5.74) is -0.730. The van der Waals surface area contributed by atoms with Crippen LogP contribution in [0.2, 0.25) is 0 Å². The summed E-state index contributed by atoms with van der Waals surface area (Å²) >= 11 is 0. The van der Waals surface area contributed by atoms with Crippen LogP contribution < -0.4 is 10.3 Å². The molecule has 0 spiro atoms. The SMILES string of the molecule is CC(C)Oc1c[nH]c(=O)c(F)c1. The summed E-state index contributed by atoms with van der Waals surface area (Å²) < 4.78 is 17.7. The number of halogens is 1. The third-order valence-corrected chi connectivity index (χ3v) is 1.20. The number of rotatable bonds is 2. The van der Waals surface area contributed by atoms with Crippen molar-refractivity contribution in [3.8, 4) is 5.75 Å². The largest absolute Gasteiger partial charge is 0.489 e. The molecule has 0 amide bonds. The zero-order valence-corrected chi connectivity index (χ0v) is 6.93. The normalized spacial score (nSPS) is 10.3. The second kappa shape index (κ2) is 3.38. The van der Waals surface area contributed by atoms with Crippen molar-refractivity contribution in [2.75, 3.05) is 0 Å². The van der Waals surface area contributed by atoms with Gasteiger partial charge in [0, 0.05) is 12.3 Å².